The molecule has 0 saturated carbocycles. The molecular weight excluding hydrogens is 224 g/mol. The second kappa shape index (κ2) is 5.46. The van der Waals surface area contributed by atoms with E-state index < -0.39 is 12.0 Å². The SMILES string of the molecule is O=C1CC(N2CCOCC2C(=O)O)CCCN1. The summed E-state index contributed by atoms with van der Waals surface area (Å²) in [6.07, 6.45) is 2.16. The minimum absolute atomic E-state index is 0.0168. The minimum atomic E-state index is -0.866. The molecule has 0 aromatic heterocycles. The Kier molecular flexibility index (Phi) is 3.96. The van der Waals surface area contributed by atoms with Crippen LogP contribution in [0.2, 0.25) is 0 Å². The number of nitrogens with one attached hydrogen (secondary N) is 1. The lowest BCUT2D eigenvalue weighted by molar-refractivity contribution is -0.152. The third-order valence-electron chi connectivity index (χ3n) is 3.38. The van der Waals surface area contributed by atoms with Crippen LogP contribution in [0.4, 0.5) is 0 Å². The number of ether oxygens (including phenoxy) is 1. The molecule has 2 N–H and O–H groups in total. The van der Waals surface area contributed by atoms with Gasteiger partial charge in [0.05, 0.1) is 13.2 Å². The molecule has 2 atom stereocenters. The first-order chi connectivity index (χ1) is 8.18. The van der Waals surface area contributed by atoms with Gasteiger partial charge in [-0.2, -0.15) is 0 Å². The largest absolute Gasteiger partial charge is 0.480 e. The predicted molar refractivity (Wildman–Crippen MR) is 59.6 cm³/mol. The highest BCUT2D eigenvalue weighted by molar-refractivity contribution is 5.77. The summed E-state index contributed by atoms with van der Waals surface area (Å²) in [6, 6.07) is -0.581. The molecule has 6 heteroatoms. The Morgan fingerprint density at radius 2 is 2.35 bits per heavy atom. The van der Waals surface area contributed by atoms with Gasteiger partial charge >= 0.3 is 5.97 Å². The summed E-state index contributed by atoms with van der Waals surface area (Å²) in [4.78, 5) is 24.6. The van der Waals surface area contributed by atoms with Crippen molar-refractivity contribution in [2.24, 2.45) is 0 Å². The van der Waals surface area contributed by atoms with Gasteiger partial charge in [-0.1, -0.05) is 0 Å². The van der Waals surface area contributed by atoms with Crippen molar-refractivity contribution in [2.75, 3.05) is 26.3 Å². The normalized spacial score (nSPS) is 31.6. The highest BCUT2D eigenvalue weighted by atomic mass is 16.5. The second-order valence-corrected chi connectivity index (χ2v) is 4.52. The van der Waals surface area contributed by atoms with Crippen LogP contribution >= 0.6 is 0 Å². The van der Waals surface area contributed by atoms with Crippen molar-refractivity contribution in [1.82, 2.24) is 10.2 Å². The standard InChI is InChI=1S/C11H18N2O4/c14-10-6-8(2-1-3-12-10)13-4-5-17-7-9(13)11(15)16/h8-9H,1-7H2,(H,12,14)(H,15,16). The fraction of sp³-hybridized carbons (Fsp3) is 0.818. The average Bonchev–Trinajstić information content (AvgIpc) is 2.54. The highest BCUT2D eigenvalue weighted by Gasteiger charge is 2.35. The van der Waals surface area contributed by atoms with E-state index in [4.69, 9.17) is 9.84 Å². The first kappa shape index (κ1) is 12.3. The van der Waals surface area contributed by atoms with Crippen LogP contribution in [-0.2, 0) is 14.3 Å². The number of carbonyl (C=O) groups excluding carboxylic acids is 1. The van der Waals surface area contributed by atoms with Gasteiger partial charge in [-0.3, -0.25) is 14.5 Å². The molecule has 2 fully saturated rings. The fourth-order valence-electron chi connectivity index (χ4n) is 2.50. The Bertz CT molecular complexity index is 308. The van der Waals surface area contributed by atoms with Crippen LogP contribution in [0.3, 0.4) is 0 Å². The van der Waals surface area contributed by atoms with Gasteiger partial charge in [0.15, 0.2) is 0 Å². The number of aliphatic carboxylic acids is 1. The Balaban J connectivity index is 2.06. The fourth-order valence-corrected chi connectivity index (χ4v) is 2.50. The maximum Gasteiger partial charge on any atom is 0.323 e. The van der Waals surface area contributed by atoms with Crippen LogP contribution in [0.15, 0.2) is 0 Å². The van der Waals surface area contributed by atoms with E-state index in [-0.39, 0.29) is 18.6 Å². The summed E-state index contributed by atoms with van der Waals surface area (Å²) in [6.45, 7) is 2.04. The predicted octanol–water partition coefficient (Wildman–Crippen LogP) is -0.559. The third kappa shape index (κ3) is 2.95. The number of hydrogen-bond donors (Lipinski definition) is 2. The van der Waals surface area contributed by atoms with Crippen molar-refractivity contribution >= 4 is 11.9 Å². The van der Waals surface area contributed by atoms with E-state index in [2.05, 4.69) is 5.32 Å². The number of carboxylic acids is 1. The smallest absolute Gasteiger partial charge is 0.323 e. The zero-order valence-electron chi connectivity index (χ0n) is 9.72. The third-order valence-corrected chi connectivity index (χ3v) is 3.38. The quantitative estimate of drug-likeness (QED) is 0.678. The number of nitrogens with zero attached hydrogens (tertiary/aromatic N) is 1. The van der Waals surface area contributed by atoms with Crippen molar-refractivity contribution in [3.63, 3.8) is 0 Å². The van der Waals surface area contributed by atoms with Gasteiger partial charge in [-0.25, -0.2) is 0 Å². The van der Waals surface area contributed by atoms with E-state index in [9.17, 15) is 9.59 Å². The van der Waals surface area contributed by atoms with Crippen molar-refractivity contribution in [2.45, 2.75) is 31.3 Å². The Hall–Kier alpha value is -1.14. The van der Waals surface area contributed by atoms with E-state index in [0.29, 0.717) is 26.1 Å². The molecule has 2 aliphatic rings. The van der Waals surface area contributed by atoms with Crippen LogP contribution in [0, 0.1) is 0 Å². The number of carbonyl (C=O) groups is 2. The number of carboxylic acid groups (broad SMARTS) is 1. The maximum absolute atomic E-state index is 11.5. The second-order valence-electron chi connectivity index (χ2n) is 4.52. The summed E-state index contributed by atoms with van der Waals surface area (Å²) >= 11 is 0. The number of rotatable bonds is 2. The molecule has 0 bridgehead atoms. The molecule has 6 nitrogen and oxygen atoms in total. The van der Waals surface area contributed by atoms with Crippen molar-refractivity contribution in [1.29, 1.82) is 0 Å². The lowest BCUT2D eigenvalue weighted by atomic mass is 10.0. The number of hydrogen-bond acceptors (Lipinski definition) is 4. The van der Waals surface area contributed by atoms with Crippen molar-refractivity contribution in [3.8, 4) is 0 Å². The summed E-state index contributed by atoms with van der Waals surface area (Å²) in [7, 11) is 0. The average molecular weight is 242 g/mol. The van der Waals surface area contributed by atoms with Crippen LogP contribution in [-0.4, -0.2) is 60.3 Å². The van der Waals surface area contributed by atoms with Gasteiger partial charge < -0.3 is 15.2 Å². The molecule has 0 radical (unpaired) electrons. The molecule has 17 heavy (non-hydrogen) atoms. The van der Waals surface area contributed by atoms with Crippen LogP contribution in [0.1, 0.15) is 19.3 Å². The molecule has 0 aromatic carbocycles. The van der Waals surface area contributed by atoms with Gasteiger partial charge in [-0.05, 0) is 12.8 Å². The van der Waals surface area contributed by atoms with E-state index >= 15 is 0 Å². The zero-order valence-corrected chi connectivity index (χ0v) is 9.72. The molecule has 1 amide bonds. The molecular formula is C11H18N2O4. The van der Waals surface area contributed by atoms with Gasteiger partial charge in [-0.15, -0.1) is 0 Å². The molecule has 2 saturated heterocycles. The van der Waals surface area contributed by atoms with E-state index in [1.165, 1.54) is 0 Å². The van der Waals surface area contributed by atoms with Crippen molar-refractivity contribution < 1.29 is 19.4 Å². The van der Waals surface area contributed by atoms with Gasteiger partial charge in [0.1, 0.15) is 6.04 Å². The number of morpholine rings is 1. The monoisotopic (exact) mass is 242 g/mol. The lowest BCUT2D eigenvalue weighted by Gasteiger charge is -2.38. The van der Waals surface area contributed by atoms with Crippen LogP contribution in [0.5, 0.6) is 0 Å². The maximum atomic E-state index is 11.5. The van der Waals surface area contributed by atoms with E-state index in [0.717, 1.165) is 12.8 Å². The Labute approximate surface area is 99.9 Å². The lowest BCUT2D eigenvalue weighted by Crippen LogP contribution is -2.54. The minimum Gasteiger partial charge on any atom is -0.480 e. The molecule has 0 aliphatic carbocycles. The molecule has 2 heterocycles. The van der Waals surface area contributed by atoms with E-state index in [1.807, 2.05) is 4.90 Å². The Morgan fingerprint density at radius 3 is 3.12 bits per heavy atom. The Morgan fingerprint density at radius 1 is 1.53 bits per heavy atom. The molecule has 2 rings (SSSR count). The summed E-state index contributed by atoms with van der Waals surface area (Å²) < 4.78 is 5.20. The highest BCUT2D eigenvalue weighted by Crippen LogP contribution is 2.19. The van der Waals surface area contributed by atoms with Gasteiger partial charge in [0, 0.05) is 25.6 Å². The van der Waals surface area contributed by atoms with Gasteiger partial charge in [0.2, 0.25) is 5.91 Å². The molecule has 0 spiro atoms. The topological polar surface area (TPSA) is 78.9 Å². The first-order valence-corrected chi connectivity index (χ1v) is 6.01. The van der Waals surface area contributed by atoms with E-state index in [1.54, 1.807) is 0 Å². The van der Waals surface area contributed by atoms with Gasteiger partial charge in [0.25, 0.3) is 0 Å². The van der Waals surface area contributed by atoms with Crippen LogP contribution < -0.4 is 5.32 Å². The summed E-state index contributed by atoms with van der Waals surface area (Å²) in [5.41, 5.74) is 0. The van der Waals surface area contributed by atoms with Crippen LogP contribution in [0.25, 0.3) is 0 Å². The summed E-state index contributed by atoms with van der Waals surface area (Å²) in [5.74, 6) is -0.850. The molecule has 96 valence electrons. The first-order valence-electron chi connectivity index (χ1n) is 6.01. The number of amides is 1. The molecule has 0 aromatic rings. The summed E-state index contributed by atoms with van der Waals surface area (Å²) in [5, 5.41) is 12.0. The molecule has 2 unspecified atom stereocenters. The van der Waals surface area contributed by atoms with Crippen molar-refractivity contribution in [3.05, 3.63) is 0 Å². The zero-order chi connectivity index (χ0) is 12.3. The molecule has 2 aliphatic heterocycles.